The average molecular weight is 451 g/mol. The number of hydrogen-bond donors (Lipinski definition) is 0. The fourth-order valence-electron chi connectivity index (χ4n) is 3.61. The molecule has 0 spiro atoms. The third-order valence-corrected chi connectivity index (χ3v) is 6.98. The van der Waals surface area contributed by atoms with E-state index in [1.165, 1.54) is 10.5 Å². The zero-order valence-corrected chi connectivity index (χ0v) is 19.7. The molecule has 1 amide bonds. The van der Waals surface area contributed by atoms with Gasteiger partial charge in [0.05, 0.1) is 16.5 Å². The summed E-state index contributed by atoms with van der Waals surface area (Å²) in [6.07, 6.45) is 6.34. The lowest BCUT2D eigenvalue weighted by Crippen LogP contribution is -2.32. The maximum absolute atomic E-state index is 13.5. The van der Waals surface area contributed by atoms with Crippen LogP contribution in [0.3, 0.4) is 0 Å². The van der Waals surface area contributed by atoms with Crippen LogP contribution in [0.15, 0.2) is 60.0 Å². The van der Waals surface area contributed by atoms with Gasteiger partial charge in [0.1, 0.15) is 0 Å². The SMILES string of the molecule is CCSc1ccc(C(=O)N(CCCn2ccnc2)c2nc3c(C)cc(C)cc3s2)cc1. The molecule has 2 aromatic carbocycles. The highest BCUT2D eigenvalue weighted by Crippen LogP contribution is 2.32. The Balaban J connectivity index is 1.63. The van der Waals surface area contributed by atoms with Crippen LogP contribution in [0, 0.1) is 13.8 Å². The van der Waals surface area contributed by atoms with Gasteiger partial charge in [-0.05, 0) is 67.5 Å². The van der Waals surface area contributed by atoms with Crippen LogP contribution in [0.4, 0.5) is 5.13 Å². The first kappa shape index (κ1) is 21.6. The van der Waals surface area contributed by atoms with E-state index >= 15 is 0 Å². The van der Waals surface area contributed by atoms with Crippen molar-refractivity contribution in [3.05, 3.63) is 71.8 Å². The normalized spacial score (nSPS) is 11.2. The van der Waals surface area contributed by atoms with E-state index in [1.807, 2.05) is 39.9 Å². The monoisotopic (exact) mass is 450 g/mol. The van der Waals surface area contributed by atoms with Crippen molar-refractivity contribution in [2.75, 3.05) is 17.2 Å². The summed E-state index contributed by atoms with van der Waals surface area (Å²) < 4.78 is 3.15. The van der Waals surface area contributed by atoms with Gasteiger partial charge in [-0.2, -0.15) is 0 Å². The quantitative estimate of drug-likeness (QED) is 0.311. The Morgan fingerprint density at radius 2 is 2.00 bits per heavy atom. The molecular weight excluding hydrogens is 424 g/mol. The van der Waals surface area contributed by atoms with Crippen molar-refractivity contribution in [2.24, 2.45) is 0 Å². The highest BCUT2D eigenvalue weighted by Gasteiger charge is 2.22. The van der Waals surface area contributed by atoms with Gasteiger partial charge in [0.15, 0.2) is 5.13 Å². The fraction of sp³-hybridized carbons (Fsp3) is 0.292. The molecule has 0 aliphatic heterocycles. The van der Waals surface area contributed by atoms with E-state index < -0.39 is 0 Å². The molecule has 0 fully saturated rings. The van der Waals surface area contributed by atoms with Gasteiger partial charge in [0, 0.05) is 35.9 Å². The fourth-order valence-corrected chi connectivity index (χ4v) is 5.43. The summed E-state index contributed by atoms with van der Waals surface area (Å²) in [4.78, 5) is 25.5. The Morgan fingerprint density at radius 3 is 2.71 bits per heavy atom. The van der Waals surface area contributed by atoms with E-state index in [4.69, 9.17) is 4.98 Å². The molecule has 4 rings (SSSR count). The average Bonchev–Trinajstić information content (AvgIpc) is 3.41. The van der Waals surface area contributed by atoms with Gasteiger partial charge < -0.3 is 4.57 Å². The zero-order valence-electron chi connectivity index (χ0n) is 18.0. The number of imidazole rings is 1. The molecule has 0 saturated carbocycles. The van der Waals surface area contributed by atoms with E-state index in [2.05, 4.69) is 37.9 Å². The van der Waals surface area contributed by atoms with Crippen molar-refractivity contribution < 1.29 is 4.79 Å². The smallest absolute Gasteiger partial charge is 0.260 e. The predicted octanol–water partition coefficient (Wildman–Crippen LogP) is 5.96. The Morgan fingerprint density at radius 1 is 1.19 bits per heavy atom. The van der Waals surface area contributed by atoms with Crippen molar-refractivity contribution in [3.63, 3.8) is 0 Å². The van der Waals surface area contributed by atoms with Gasteiger partial charge in [-0.25, -0.2) is 9.97 Å². The first-order valence-corrected chi connectivity index (χ1v) is 12.2. The molecular formula is C24H26N4OS2. The van der Waals surface area contributed by atoms with Crippen molar-refractivity contribution in [3.8, 4) is 0 Å². The Kier molecular flexibility index (Phi) is 6.73. The van der Waals surface area contributed by atoms with Crippen LogP contribution in [0.5, 0.6) is 0 Å². The molecule has 0 saturated heterocycles. The minimum Gasteiger partial charge on any atom is -0.337 e. The van der Waals surface area contributed by atoms with Gasteiger partial charge in [-0.3, -0.25) is 9.69 Å². The Labute approximate surface area is 191 Å². The maximum Gasteiger partial charge on any atom is 0.260 e. The van der Waals surface area contributed by atoms with Crippen LogP contribution in [-0.4, -0.2) is 32.7 Å². The van der Waals surface area contributed by atoms with Crippen molar-refractivity contribution >= 4 is 44.4 Å². The summed E-state index contributed by atoms with van der Waals surface area (Å²) in [5, 5.41) is 0.756. The van der Waals surface area contributed by atoms with Crippen LogP contribution in [0.1, 0.15) is 34.8 Å². The second kappa shape index (κ2) is 9.66. The molecule has 31 heavy (non-hydrogen) atoms. The second-order valence-electron chi connectivity index (χ2n) is 7.49. The second-order valence-corrected chi connectivity index (χ2v) is 9.84. The minimum atomic E-state index is -0.00730. The number of rotatable bonds is 8. The molecule has 0 unspecified atom stereocenters. The standard InChI is InChI=1S/C24H26N4OS2/c1-4-30-20-8-6-19(7-9-20)23(29)28(12-5-11-27-13-10-25-16-27)24-26-22-18(3)14-17(2)15-21(22)31-24/h6-10,13-16H,4-5,11-12H2,1-3H3. The number of thioether (sulfide) groups is 1. The van der Waals surface area contributed by atoms with E-state index in [0.29, 0.717) is 12.1 Å². The number of benzene rings is 2. The number of amides is 1. The first-order valence-electron chi connectivity index (χ1n) is 10.4. The lowest BCUT2D eigenvalue weighted by atomic mass is 10.1. The number of fused-ring (bicyclic) bond motifs is 1. The summed E-state index contributed by atoms with van der Waals surface area (Å²) in [6.45, 7) is 7.70. The van der Waals surface area contributed by atoms with Crippen LogP contribution >= 0.6 is 23.1 Å². The van der Waals surface area contributed by atoms with E-state index in [-0.39, 0.29) is 5.91 Å². The molecule has 5 nitrogen and oxygen atoms in total. The number of nitrogens with zero attached hydrogens (tertiary/aromatic N) is 4. The summed E-state index contributed by atoms with van der Waals surface area (Å²) in [7, 11) is 0. The molecule has 0 N–H and O–H groups in total. The zero-order chi connectivity index (χ0) is 21.8. The minimum absolute atomic E-state index is 0.00730. The van der Waals surface area contributed by atoms with Gasteiger partial charge in [-0.1, -0.05) is 24.3 Å². The van der Waals surface area contributed by atoms with E-state index in [0.717, 1.165) is 39.6 Å². The number of carbonyl (C=O) groups excluding carboxylic acids is 1. The number of aromatic nitrogens is 3. The molecule has 0 aliphatic rings. The van der Waals surface area contributed by atoms with Gasteiger partial charge in [0.2, 0.25) is 0 Å². The molecule has 7 heteroatoms. The number of hydrogen-bond acceptors (Lipinski definition) is 5. The molecule has 0 aliphatic carbocycles. The predicted molar refractivity (Wildman–Crippen MR) is 130 cm³/mol. The van der Waals surface area contributed by atoms with Crippen molar-refractivity contribution in [2.45, 2.75) is 38.6 Å². The third-order valence-electron chi connectivity index (χ3n) is 5.06. The molecule has 0 radical (unpaired) electrons. The molecule has 160 valence electrons. The number of thiazole rings is 1. The Bertz CT molecular complexity index is 1170. The van der Waals surface area contributed by atoms with E-state index in [1.54, 1.807) is 35.6 Å². The highest BCUT2D eigenvalue weighted by molar-refractivity contribution is 7.99. The molecule has 2 heterocycles. The number of anilines is 1. The van der Waals surface area contributed by atoms with Gasteiger partial charge in [0.25, 0.3) is 5.91 Å². The van der Waals surface area contributed by atoms with Gasteiger partial charge >= 0.3 is 0 Å². The molecule has 0 atom stereocenters. The number of carbonyl (C=O) groups is 1. The summed E-state index contributed by atoms with van der Waals surface area (Å²) in [5.74, 6) is 1.00. The summed E-state index contributed by atoms with van der Waals surface area (Å²) >= 11 is 3.36. The molecule has 2 aromatic heterocycles. The van der Waals surface area contributed by atoms with E-state index in [9.17, 15) is 4.79 Å². The van der Waals surface area contributed by atoms with Crippen LogP contribution in [0.25, 0.3) is 10.2 Å². The van der Waals surface area contributed by atoms with Crippen molar-refractivity contribution in [1.82, 2.24) is 14.5 Å². The molecule has 0 bridgehead atoms. The lowest BCUT2D eigenvalue weighted by Gasteiger charge is -2.20. The molecule has 4 aromatic rings. The van der Waals surface area contributed by atoms with Crippen molar-refractivity contribution in [1.29, 1.82) is 0 Å². The third kappa shape index (κ3) is 4.99. The maximum atomic E-state index is 13.5. The topological polar surface area (TPSA) is 51.0 Å². The highest BCUT2D eigenvalue weighted by atomic mass is 32.2. The first-order chi connectivity index (χ1) is 15.0. The van der Waals surface area contributed by atoms with Crippen LogP contribution < -0.4 is 4.90 Å². The largest absolute Gasteiger partial charge is 0.337 e. The van der Waals surface area contributed by atoms with Gasteiger partial charge in [-0.15, -0.1) is 11.8 Å². The van der Waals surface area contributed by atoms with Crippen LogP contribution in [0.2, 0.25) is 0 Å². The van der Waals surface area contributed by atoms with Crippen LogP contribution in [-0.2, 0) is 6.54 Å². The summed E-state index contributed by atoms with van der Waals surface area (Å²) in [5.41, 5.74) is 4.02. The lowest BCUT2D eigenvalue weighted by molar-refractivity contribution is 0.0986. The number of aryl methyl sites for hydroxylation is 3. The summed E-state index contributed by atoms with van der Waals surface area (Å²) in [6, 6.07) is 12.2. The Hall–Kier alpha value is -2.64.